The van der Waals surface area contributed by atoms with Gasteiger partial charge in [0.25, 0.3) is 0 Å². The van der Waals surface area contributed by atoms with E-state index in [2.05, 4.69) is 10.3 Å². The van der Waals surface area contributed by atoms with E-state index in [1.165, 1.54) is 0 Å². The van der Waals surface area contributed by atoms with Crippen molar-refractivity contribution in [2.24, 2.45) is 5.41 Å². The minimum Gasteiger partial charge on any atom is -0.481 e. The Morgan fingerprint density at radius 1 is 1.47 bits per heavy atom. The molecule has 1 saturated heterocycles. The third-order valence-corrected chi connectivity index (χ3v) is 3.49. The first-order valence-corrected chi connectivity index (χ1v) is 5.97. The van der Waals surface area contributed by atoms with Gasteiger partial charge >= 0.3 is 5.97 Å². The summed E-state index contributed by atoms with van der Waals surface area (Å²) < 4.78 is 0. The maximum absolute atomic E-state index is 11.5. The minimum absolute atomic E-state index is 0.582. The molecule has 0 bridgehead atoms. The number of aliphatic carboxylic acids is 1. The molecule has 1 aliphatic rings. The molecule has 2 rings (SSSR count). The van der Waals surface area contributed by atoms with Crippen molar-refractivity contribution in [3.05, 3.63) is 29.6 Å². The second-order valence-electron chi connectivity index (χ2n) is 4.88. The molecule has 0 aliphatic carbocycles. The van der Waals surface area contributed by atoms with Crippen LogP contribution in [0.15, 0.2) is 18.5 Å². The Bertz CT molecular complexity index is 412. The van der Waals surface area contributed by atoms with E-state index < -0.39 is 11.4 Å². The topological polar surface area (TPSA) is 62.2 Å². The molecule has 1 fully saturated rings. The normalized spacial score (nSPS) is 18.9. The molecule has 0 saturated carbocycles. The van der Waals surface area contributed by atoms with E-state index in [9.17, 15) is 9.90 Å². The summed E-state index contributed by atoms with van der Waals surface area (Å²) in [6.45, 7) is 3.55. The smallest absolute Gasteiger partial charge is 0.310 e. The van der Waals surface area contributed by atoms with Gasteiger partial charge in [-0.15, -0.1) is 0 Å². The minimum atomic E-state index is -0.680. The van der Waals surface area contributed by atoms with Crippen LogP contribution in [-0.2, 0) is 11.2 Å². The summed E-state index contributed by atoms with van der Waals surface area (Å²) in [5.74, 6) is -0.680. The van der Waals surface area contributed by atoms with E-state index in [0.29, 0.717) is 19.3 Å². The summed E-state index contributed by atoms with van der Waals surface area (Å²) in [6.07, 6.45) is 5.53. The fourth-order valence-corrected chi connectivity index (χ4v) is 2.48. The lowest BCUT2D eigenvalue weighted by molar-refractivity contribution is -0.150. The third-order valence-electron chi connectivity index (χ3n) is 3.49. The zero-order valence-corrected chi connectivity index (χ0v) is 10.1. The van der Waals surface area contributed by atoms with Crippen molar-refractivity contribution in [3.8, 4) is 0 Å². The zero-order chi connectivity index (χ0) is 12.3. The highest BCUT2D eigenvalue weighted by Gasteiger charge is 2.39. The largest absolute Gasteiger partial charge is 0.481 e. The van der Waals surface area contributed by atoms with Gasteiger partial charge in [0.2, 0.25) is 0 Å². The molecule has 0 radical (unpaired) electrons. The highest BCUT2D eigenvalue weighted by molar-refractivity contribution is 5.75. The number of hydrogen-bond acceptors (Lipinski definition) is 3. The lowest BCUT2D eigenvalue weighted by atomic mass is 9.74. The monoisotopic (exact) mass is 234 g/mol. The Kier molecular flexibility index (Phi) is 3.43. The van der Waals surface area contributed by atoms with Gasteiger partial charge in [0.1, 0.15) is 0 Å². The van der Waals surface area contributed by atoms with Gasteiger partial charge in [0, 0.05) is 12.4 Å². The Balaban J connectivity index is 2.20. The summed E-state index contributed by atoms with van der Waals surface area (Å²) in [4.78, 5) is 15.6. The number of nitrogens with zero attached hydrogens (tertiary/aromatic N) is 1. The van der Waals surface area contributed by atoms with E-state index in [0.717, 1.165) is 24.2 Å². The molecule has 1 aliphatic heterocycles. The summed E-state index contributed by atoms with van der Waals surface area (Å²) >= 11 is 0. The van der Waals surface area contributed by atoms with Gasteiger partial charge in [-0.05, 0) is 50.4 Å². The lowest BCUT2D eigenvalue weighted by Gasteiger charge is -2.33. The predicted molar refractivity (Wildman–Crippen MR) is 64.9 cm³/mol. The van der Waals surface area contributed by atoms with Crippen molar-refractivity contribution in [3.63, 3.8) is 0 Å². The maximum Gasteiger partial charge on any atom is 0.310 e. The van der Waals surface area contributed by atoms with Gasteiger partial charge in [0.15, 0.2) is 0 Å². The van der Waals surface area contributed by atoms with Crippen molar-refractivity contribution in [2.75, 3.05) is 13.1 Å². The van der Waals surface area contributed by atoms with Crippen molar-refractivity contribution >= 4 is 5.97 Å². The number of aryl methyl sites for hydroxylation is 1. The molecule has 0 unspecified atom stereocenters. The Labute approximate surface area is 101 Å². The molecular weight excluding hydrogens is 216 g/mol. The Hall–Kier alpha value is -1.42. The van der Waals surface area contributed by atoms with Crippen LogP contribution < -0.4 is 5.32 Å². The van der Waals surface area contributed by atoms with Crippen LogP contribution in [0.25, 0.3) is 0 Å². The van der Waals surface area contributed by atoms with E-state index >= 15 is 0 Å². The second kappa shape index (κ2) is 4.84. The first-order valence-electron chi connectivity index (χ1n) is 5.97. The molecule has 0 amide bonds. The van der Waals surface area contributed by atoms with E-state index in [1.54, 1.807) is 12.4 Å². The van der Waals surface area contributed by atoms with Crippen LogP contribution in [0.3, 0.4) is 0 Å². The quantitative estimate of drug-likeness (QED) is 0.829. The number of aromatic nitrogens is 1. The van der Waals surface area contributed by atoms with Crippen LogP contribution >= 0.6 is 0 Å². The van der Waals surface area contributed by atoms with Crippen LogP contribution in [0.2, 0.25) is 0 Å². The van der Waals surface area contributed by atoms with Gasteiger partial charge in [-0.1, -0.05) is 6.07 Å². The van der Waals surface area contributed by atoms with Crippen molar-refractivity contribution in [1.29, 1.82) is 0 Å². The summed E-state index contributed by atoms with van der Waals surface area (Å²) in [7, 11) is 0. The number of carboxylic acids is 1. The highest BCUT2D eigenvalue weighted by atomic mass is 16.4. The number of piperidine rings is 1. The summed E-state index contributed by atoms with van der Waals surface area (Å²) in [5.41, 5.74) is 1.49. The van der Waals surface area contributed by atoms with Crippen LogP contribution in [0.1, 0.15) is 24.0 Å². The molecule has 1 aromatic rings. The molecule has 2 heterocycles. The fraction of sp³-hybridized carbons (Fsp3) is 0.538. The van der Waals surface area contributed by atoms with E-state index in [-0.39, 0.29) is 0 Å². The summed E-state index contributed by atoms with van der Waals surface area (Å²) in [5, 5.41) is 12.7. The molecular formula is C13H18N2O2. The van der Waals surface area contributed by atoms with E-state index in [4.69, 9.17) is 0 Å². The van der Waals surface area contributed by atoms with Crippen LogP contribution in [0, 0.1) is 12.3 Å². The molecule has 17 heavy (non-hydrogen) atoms. The van der Waals surface area contributed by atoms with Crippen molar-refractivity contribution < 1.29 is 9.90 Å². The first-order chi connectivity index (χ1) is 8.12. The number of carboxylic acid groups (broad SMARTS) is 1. The summed E-state index contributed by atoms with van der Waals surface area (Å²) in [6, 6.07) is 2.03. The molecule has 0 atom stereocenters. The van der Waals surface area contributed by atoms with Crippen molar-refractivity contribution in [2.45, 2.75) is 26.2 Å². The number of rotatable bonds is 3. The molecule has 4 nitrogen and oxygen atoms in total. The van der Waals surface area contributed by atoms with Gasteiger partial charge in [-0.25, -0.2) is 0 Å². The number of pyridine rings is 1. The third kappa shape index (κ3) is 2.64. The average molecular weight is 234 g/mol. The highest BCUT2D eigenvalue weighted by Crippen LogP contribution is 2.33. The second-order valence-corrected chi connectivity index (χ2v) is 4.88. The standard InChI is InChI=1S/C13H18N2O2/c1-10-6-11(9-15-8-10)7-13(12(16)17)2-4-14-5-3-13/h6,8-9,14H,2-5,7H2,1H3,(H,16,17). The molecule has 92 valence electrons. The fourth-order valence-electron chi connectivity index (χ4n) is 2.48. The average Bonchev–Trinajstić information content (AvgIpc) is 2.30. The Morgan fingerprint density at radius 3 is 2.76 bits per heavy atom. The van der Waals surface area contributed by atoms with Crippen LogP contribution in [0.4, 0.5) is 0 Å². The lowest BCUT2D eigenvalue weighted by Crippen LogP contribution is -2.43. The first kappa shape index (κ1) is 12.0. The Morgan fingerprint density at radius 2 is 2.18 bits per heavy atom. The molecule has 4 heteroatoms. The molecule has 0 aromatic carbocycles. The van der Waals surface area contributed by atoms with E-state index in [1.807, 2.05) is 13.0 Å². The maximum atomic E-state index is 11.5. The van der Waals surface area contributed by atoms with Gasteiger partial charge < -0.3 is 10.4 Å². The van der Waals surface area contributed by atoms with Gasteiger partial charge in [0.05, 0.1) is 5.41 Å². The molecule has 0 spiro atoms. The van der Waals surface area contributed by atoms with Crippen LogP contribution in [-0.4, -0.2) is 29.1 Å². The van der Waals surface area contributed by atoms with Crippen LogP contribution in [0.5, 0.6) is 0 Å². The van der Waals surface area contributed by atoms with Gasteiger partial charge in [-0.2, -0.15) is 0 Å². The molecule has 1 aromatic heterocycles. The van der Waals surface area contributed by atoms with Gasteiger partial charge in [-0.3, -0.25) is 9.78 Å². The number of nitrogens with one attached hydrogen (secondary N) is 1. The number of carbonyl (C=O) groups is 1. The number of hydrogen-bond donors (Lipinski definition) is 2. The predicted octanol–water partition coefficient (Wildman–Crippen LogP) is 1.39. The van der Waals surface area contributed by atoms with Crippen molar-refractivity contribution in [1.82, 2.24) is 10.3 Å². The molecule has 2 N–H and O–H groups in total. The zero-order valence-electron chi connectivity index (χ0n) is 10.1. The SMILES string of the molecule is Cc1cncc(CC2(C(=O)O)CCNCC2)c1.